The van der Waals surface area contributed by atoms with E-state index in [1.54, 1.807) is 12.1 Å². The maximum atomic E-state index is 6.22. The van der Waals surface area contributed by atoms with Gasteiger partial charge in [-0.05, 0) is 47.9 Å². The van der Waals surface area contributed by atoms with Gasteiger partial charge in [-0.1, -0.05) is 56.8 Å². The molecule has 0 aromatic heterocycles. The lowest BCUT2D eigenvalue weighted by Gasteiger charge is -2.15. The number of rotatable bonds is 3. The molecule has 0 saturated carbocycles. The molecule has 0 bridgehead atoms. The van der Waals surface area contributed by atoms with Crippen LogP contribution < -0.4 is 5.73 Å². The zero-order valence-corrected chi connectivity index (χ0v) is 13.7. The normalized spacial score (nSPS) is 12.5. The Morgan fingerprint density at radius 2 is 1.63 bits per heavy atom. The van der Waals surface area contributed by atoms with Crippen molar-refractivity contribution in [2.24, 2.45) is 5.73 Å². The summed E-state index contributed by atoms with van der Waals surface area (Å²) in [4.78, 5) is 0. The predicted octanol–water partition coefficient (Wildman–Crippen LogP) is 5.65. The molecule has 0 aliphatic carbocycles. The van der Waals surface area contributed by atoms with E-state index in [0.29, 0.717) is 21.5 Å². The summed E-state index contributed by atoms with van der Waals surface area (Å²) in [6.45, 7) is 0. The number of hydrogen-bond donors (Lipinski definition) is 1. The molecule has 2 rings (SSSR count). The molecule has 0 aliphatic heterocycles. The maximum absolute atomic E-state index is 6.22. The van der Waals surface area contributed by atoms with Crippen molar-refractivity contribution in [1.82, 2.24) is 0 Å². The van der Waals surface area contributed by atoms with Gasteiger partial charge in [0.05, 0.1) is 0 Å². The molecule has 0 amide bonds. The Morgan fingerprint density at radius 3 is 2.32 bits per heavy atom. The summed E-state index contributed by atoms with van der Waals surface area (Å²) < 4.78 is 0.894. The molecule has 2 N–H and O–H groups in total. The second kappa shape index (κ2) is 6.47. The number of nitrogens with two attached hydrogens (primary N) is 1. The molecule has 0 fully saturated rings. The highest BCUT2D eigenvalue weighted by molar-refractivity contribution is 9.10. The first-order chi connectivity index (χ1) is 8.97. The van der Waals surface area contributed by atoms with Gasteiger partial charge in [0, 0.05) is 25.6 Å². The monoisotopic (exact) mass is 377 g/mol. The highest BCUT2D eigenvalue weighted by Gasteiger charge is 2.13. The third-order valence-electron chi connectivity index (χ3n) is 2.81. The Kier molecular flexibility index (Phi) is 5.15. The molecular weight excluding hydrogens is 368 g/mol. The van der Waals surface area contributed by atoms with Crippen LogP contribution in [0.4, 0.5) is 0 Å². The molecule has 5 heteroatoms. The fourth-order valence-corrected chi connectivity index (χ4v) is 3.21. The molecule has 2 aromatic carbocycles. The van der Waals surface area contributed by atoms with Gasteiger partial charge < -0.3 is 5.73 Å². The zero-order valence-electron chi connectivity index (χ0n) is 9.84. The summed E-state index contributed by atoms with van der Waals surface area (Å²) in [6, 6.07) is 10.8. The van der Waals surface area contributed by atoms with E-state index in [1.165, 1.54) is 0 Å². The van der Waals surface area contributed by atoms with Gasteiger partial charge in [-0.3, -0.25) is 0 Å². The van der Waals surface area contributed by atoms with Gasteiger partial charge in [0.25, 0.3) is 0 Å². The van der Waals surface area contributed by atoms with Crippen LogP contribution in [0.15, 0.2) is 40.9 Å². The zero-order chi connectivity index (χ0) is 14.0. The molecule has 0 saturated heterocycles. The lowest BCUT2D eigenvalue weighted by Crippen LogP contribution is -2.14. The average molecular weight is 380 g/mol. The van der Waals surface area contributed by atoms with Crippen molar-refractivity contribution in [1.29, 1.82) is 0 Å². The smallest absolute Gasteiger partial charge is 0.0439 e. The largest absolute Gasteiger partial charge is 0.324 e. The van der Waals surface area contributed by atoms with E-state index in [4.69, 9.17) is 40.5 Å². The van der Waals surface area contributed by atoms with Gasteiger partial charge in [0.1, 0.15) is 0 Å². The lowest BCUT2D eigenvalue weighted by atomic mass is 10.00. The van der Waals surface area contributed by atoms with E-state index in [0.717, 1.165) is 15.6 Å². The molecular formula is C14H11BrCl3N. The van der Waals surface area contributed by atoms with E-state index >= 15 is 0 Å². The van der Waals surface area contributed by atoms with Gasteiger partial charge in [-0.15, -0.1) is 0 Å². The fourth-order valence-electron chi connectivity index (χ4n) is 1.85. The molecule has 1 atom stereocenters. The number of benzene rings is 2. The molecule has 1 nitrogen and oxygen atoms in total. The summed E-state index contributed by atoms with van der Waals surface area (Å²) in [7, 11) is 0. The molecule has 0 heterocycles. The lowest BCUT2D eigenvalue weighted by molar-refractivity contribution is 0.718. The van der Waals surface area contributed by atoms with Crippen LogP contribution in [0.1, 0.15) is 17.2 Å². The van der Waals surface area contributed by atoms with Crippen molar-refractivity contribution in [3.63, 3.8) is 0 Å². The Hall–Kier alpha value is -0.250. The van der Waals surface area contributed by atoms with E-state index in [9.17, 15) is 0 Å². The maximum Gasteiger partial charge on any atom is 0.0439 e. The summed E-state index contributed by atoms with van der Waals surface area (Å²) in [5.74, 6) is 0. The van der Waals surface area contributed by atoms with Gasteiger partial charge in [0.2, 0.25) is 0 Å². The van der Waals surface area contributed by atoms with Crippen molar-refractivity contribution < 1.29 is 0 Å². The van der Waals surface area contributed by atoms with Crippen LogP contribution in [-0.4, -0.2) is 0 Å². The Labute approximate surface area is 135 Å². The van der Waals surface area contributed by atoms with Crippen molar-refractivity contribution >= 4 is 50.7 Å². The average Bonchev–Trinajstić information content (AvgIpc) is 2.33. The number of halogens is 4. The standard InChI is InChI=1S/C14H11BrCl3N/c15-12-7-10(17)1-3-11(12)14(19)6-8-5-9(16)2-4-13(8)18/h1-5,7,14H,6,19H2. The minimum Gasteiger partial charge on any atom is -0.324 e. The SMILES string of the molecule is NC(Cc1cc(Cl)ccc1Cl)c1ccc(Cl)cc1Br. The predicted molar refractivity (Wildman–Crippen MR) is 86.2 cm³/mol. The minimum atomic E-state index is -0.178. The molecule has 2 aromatic rings. The summed E-state index contributed by atoms with van der Waals surface area (Å²) in [6.07, 6.45) is 0.611. The highest BCUT2D eigenvalue weighted by atomic mass is 79.9. The first-order valence-corrected chi connectivity index (χ1v) is 7.54. The minimum absolute atomic E-state index is 0.178. The molecule has 0 radical (unpaired) electrons. The second-order valence-corrected chi connectivity index (χ2v) is 6.35. The van der Waals surface area contributed by atoms with Crippen LogP contribution in [0.5, 0.6) is 0 Å². The van der Waals surface area contributed by atoms with Crippen molar-refractivity contribution in [3.8, 4) is 0 Å². The Morgan fingerprint density at radius 1 is 1.00 bits per heavy atom. The molecule has 1 unspecified atom stereocenters. The van der Waals surface area contributed by atoms with Gasteiger partial charge in [-0.25, -0.2) is 0 Å². The van der Waals surface area contributed by atoms with Gasteiger partial charge in [-0.2, -0.15) is 0 Å². The first kappa shape index (κ1) is 15.1. The van der Waals surface area contributed by atoms with Crippen molar-refractivity contribution in [3.05, 3.63) is 67.1 Å². The van der Waals surface area contributed by atoms with Crippen molar-refractivity contribution in [2.75, 3.05) is 0 Å². The van der Waals surface area contributed by atoms with Crippen LogP contribution in [0.2, 0.25) is 15.1 Å². The van der Waals surface area contributed by atoms with Crippen LogP contribution >= 0.6 is 50.7 Å². The van der Waals surface area contributed by atoms with Gasteiger partial charge in [0.15, 0.2) is 0 Å². The highest BCUT2D eigenvalue weighted by Crippen LogP contribution is 2.30. The fraction of sp³-hybridized carbons (Fsp3) is 0.143. The van der Waals surface area contributed by atoms with E-state index < -0.39 is 0 Å². The third-order valence-corrected chi connectivity index (χ3v) is 4.34. The van der Waals surface area contributed by atoms with Crippen molar-refractivity contribution in [2.45, 2.75) is 12.5 Å². The number of hydrogen-bond acceptors (Lipinski definition) is 1. The first-order valence-electron chi connectivity index (χ1n) is 5.62. The van der Waals surface area contributed by atoms with Gasteiger partial charge >= 0.3 is 0 Å². The van der Waals surface area contributed by atoms with E-state index in [-0.39, 0.29) is 6.04 Å². The Balaban J connectivity index is 2.25. The molecule has 19 heavy (non-hydrogen) atoms. The summed E-state index contributed by atoms with van der Waals surface area (Å²) >= 11 is 21.5. The topological polar surface area (TPSA) is 26.0 Å². The van der Waals surface area contributed by atoms with E-state index in [2.05, 4.69) is 15.9 Å². The summed E-state index contributed by atoms with van der Waals surface area (Å²) in [5.41, 5.74) is 8.14. The van der Waals surface area contributed by atoms with Crippen LogP contribution in [0.3, 0.4) is 0 Å². The van der Waals surface area contributed by atoms with Crippen LogP contribution in [-0.2, 0) is 6.42 Å². The summed E-state index contributed by atoms with van der Waals surface area (Å²) in [5, 5.41) is 2.00. The van der Waals surface area contributed by atoms with Crippen LogP contribution in [0.25, 0.3) is 0 Å². The van der Waals surface area contributed by atoms with Crippen LogP contribution in [0, 0.1) is 0 Å². The molecule has 0 aliphatic rings. The third kappa shape index (κ3) is 3.87. The molecule has 0 spiro atoms. The Bertz CT molecular complexity index is 601. The quantitative estimate of drug-likeness (QED) is 0.732. The molecule has 100 valence electrons. The second-order valence-electron chi connectivity index (χ2n) is 4.21. The van der Waals surface area contributed by atoms with E-state index in [1.807, 2.05) is 24.3 Å².